The molecule has 1 aliphatic rings. The molecule has 0 aliphatic heterocycles. The van der Waals surface area contributed by atoms with Gasteiger partial charge in [0.25, 0.3) is 0 Å². The van der Waals surface area contributed by atoms with Gasteiger partial charge in [0, 0.05) is 12.6 Å². The quantitative estimate of drug-likeness (QED) is 0.800. The van der Waals surface area contributed by atoms with Crippen LogP contribution in [0.1, 0.15) is 19.3 Å². The number of anilines is 1. The lowest BCUT2D eigenvalue weighted by molar-refractivity contribution is 0.561. The first-order chi connectivity index (χ1) is 7.25. The molecule has 2 rings (SSSR count). The SMILES string of the molecule is NC1CCC(CNc2ccccc2F)C1. The average Bonchev–Trinajstić information content (AvgIpc) is 2.63. The van der Waals surface area contributed by atoms with Crippen LogP contribution in [0, 0.1) is 11.7 Å². The first-order valence-electron chi connectivity index (χ1n) is 5.49. The van der Waals surface area contributed by atoms with E-state index in [4.69, 9.17) is 5.73 Å². The molecule has 0 saturated heterocycles. The summed E-state index contributed by atoms with van der Waals surface area (Å²) < 4.78 is 13.3. The number of nitrogens with one attached hydrogen (secondary N) is 1. The van der Waals surface area contributed by atoms with Gasteiger partial charge in [-0.2, -0.15) is 0 Å². The Kier molecular flexibility index (Phi) is 3.21. The molecular formula is C12H17FN2. The Morgan fingerprint density at radius 3 is 2.80 bits per heavy atom. The Bertz CT molecular complexity index is 327. The Balaban J connectivity index is 1.86. The minimum atomic E-state index is -0.181. The average molecular weight is 208 g/mol. The number of benzene rings is 1. The number of rotatable bonds is 3. The molecule has 1 saturated carbocycles. The van der Waals surface area contributed by atoms with Crippen LogP contribution in [0.3, 0.4) is 0 Å². The molecule has 1 fully saturated rings. The third-order valence-corrected chi connectivity index (χ3v) is 3.04. The Hall–Kier alpha value is -1.09. The van der Waals surface area contributed by atoms with E-state index < -0.39 is 0 Å². The van der Waals surface area contributed by atoms with E-state index in [1.54, 1.807) is 12.1 Å². The van der Waals surface area contributed by atoms with Crippen LogP contribution < -0.4 is 11.1 Å². The molecular weight excluding hydrogens is 191 g/mol. The van der Waals surface area contributed by atoms with Crippen molar-refractivity contribution in [3.63, 3.8) is 0 Å². The van der Waals surface area contributed by atoms with E-state index in [2.05, 4.69) is 5.32 Å². The van der Waals surface area contributed by atoms with Crippen LogP contribution >= 0.6 is 0 Å². The predicted octanol–water partition coefficient (Wildman–Crippen LogP) is 2.37. The molecule has 2 nitrogen and oxygen atoms in total. The normalized spacial score (nSPS) is 25.5. The molecule has 82 valence electrons. The van der Waals surface area contributed by atoms with Crippen molar-refractivity contribution in [2.45, 2.75) is 25.3 Å². The maximum Gasteiger partial charge on any atom is 0.146 e. The highest BCUT2D eigenvalue weighted by molar-refractivity contribution is 5.44. The van der Waals surface area contributed by atoms with Gasteiger partial charge in [-0.25, -0.2) is 4.39 Å². The molecule has 1 aliphatic carbocycles. The largest absolute Gasteiger partial charge is 0.382 e. The zero-order valence-corrected chi connectivity index (χ0v) is 8.75. The van der Waals surface area contributed by atoms with E-state index in [1.165, 1.54) is 6.07 Å². The second kappa shape index (κ2) is 4.62. The van der Waals surface area contributed by atoms with Gasteiger partial charge >= 0.3 is 0 Å². The van der Waals surface area contributed by atoms with Gasteiger partial charge in [0.1, 0.15) is 5.82 Å². The first-order valence-corrected chi connectivity index (χ1v) is 5.49. The predicted molar refractivity (Wildman–Crippen MR) is 60.2 cm³/mol. The van der Waals surface area contributed by atoms with Crippen molar-refractivity contribution < 1.29 is 4.39 Å². The second-order valence-electron chi connectivity index (χ2n) is 4.30. The molecule has 0 heterocycles. The fraction of sp³-hybridized carbons (Fsp3) is 0.500. The molecule has 0 radical (unpaired) electrons. The summed E-state index contributed by atoms with van der Waals surface area (Å²) in [6.45, 7) is 0.828. The zero-order chi connectivity index (χ0) is 10.7. The Morgan fingerprint density at radius 1 is 1.33 bits per heavy atom. The van der Waals surface area contributed by atoms with Crippen molar-refractivity contribution in [3.05, 3.63) is 30.1 Å². The van der Waals surface area contributed by atoms with Crippen molar-refractivity contribution in [1.29, 1.82) is 0 Å². The van der Waals surface area contributed by atoms with Crippen molar-refractivity contribution in [3.8, 4) is 0 Å². The molecule has 0 amide bonds. The maximum atomic E-state index is 13.3. The standard InChI is InChI=1S/C12H17FN2/c13-11-3-1-2-4-12(11)15-8-9-5-6-10(14)7-9/h1-4,9-10,15H,5-8,14H2. The Labute approximate surface area is 89.7 Å². The summed E-state index contributed by atoms with van der Waals surface area (Å²) in [5, 5.41) is 3.14. The van der Waals surface area contributed by atoms with Crippen LogP contribution in [0.5, 0.6) is 0 Å². The van der Waals surface area contributed by atoms with Crippen LogP contribution in [0.15, 0.2) is 24.3 Å². The van der Waals surface area contributed by atoms with Crippen LogP contribution in [-0.2, 0) is 0 Å². The summed E-state index contributed by atoms with van der Waals surface area (Å²) in [6, 6.07) is 7.13. The van der Waals surface area contributed by atoms with Crippen molar-refractivity contribution in [1.82, 2.24) is 0 Å². The van der Waals surface area contributed by atoms with E-state index in [0.717, 1.165) is 25.8 Å². The monoisotopic (exact) mass is 208 g/mol. The molecule has 3 N–H and O–H groups in total. The number of hydrogen-bond acceptors (Lipinski definition) is 2. The third kappa shape index (κ3) is 2.69. The lowest BCUT2D eigenvalue weighted by atomic mass is 10.1. The highest BCUT2D eigenvalue weighted by atomic mass is 19.1. The van der Waals surface area contributed by atoms with Gasteiger partial charge < -0.3 is 11.1 Å². The Morgan fingerprint density at radius 2 is 2.13 bits per heavy atom. The smallest absolute Gasteiger partial charge is 0.146 e. The van der Waals surface area contributed by atoms with Gasteiger partial charge in [-0.15, -0.1) is 0 Å². The summed E-state index contributed by atoms with van der Waals surface area (Å²) in [7, 11) is 0. The van der Waals surface area contributed by atoms with Gasteiger partial charge in [0.15, 0.2) is 0 Å². The van der Waals surface area contributed by atoms with Crippen LogP contribution in [-0.4, -0.2) is 12.6 Å². The fourth-order valence-electron chi connectivity index (χ4n) is 2.16. The van der Waals surface area contributed by atoms with Crippen molar-refractivity contribution in [2.24, 2.45) is 11.7 Å². The summed E-state index contributed by atoms with van der Waals surface area (Å²) in [4.78, 5) is 0. The lowest BCUT2D eigenvalue weighted by Crippen LogP contribution is -2.17. The van der Waals surface area contributed by atoms with Crippen LogP contribution in [0.4, 0.5) is 10.1 Å². The molecule has 15 heavy (non-hydrogen) atoms. The summed E-state index contributed by atoms with van der Waals surface area (Å²) >= 11 is 0. The lowest BCUT2D eigenvalue weighted by Gasteiger charge is -2.12. The summed E-state index contributed by atoms with van der Waals surface area (Å²) in [5.41, 5.74) is 6.42. The highest BCUT2D eigenvalue weighted by Gasteiger charge is 2.21. The van der Waals surface area contributed by atoms with Crippen molar-refractivity contribution in [2.75, 3.05) is 11.9 Å². The third-order valence-electron chi connectivity index (χ3n) is 3.04. The minimum absolute atomic E-state index is 0.181. The van der Waals surface area contributed by atoms with E-state index in [0.29, 0.717) is 17.6 Å². The topological polar surface area (TPSA) is 38.0 Å². The van der Waals surface area contributed by atoms with Gasteiger partial charge in [-0.1, -0.05) is 12.1 Å². The first kappa shape index (κ1) is 10.4. The van der Waals surface area contributed by atoms with Gasteiger partial charge in [-0.05, 0) is 37.3 Å². The molecule has 3 heteroatoms. The van der Waals surface area contributed by atoms with Crippen LogP contribution in [0.2, 0.25) is 0 Å². The molecule has 1 aromatic rings. The highest BCUT2D eigenvalue weighted by Crippen LogP contribution is 2.24. The molecule has 0 spiro atoms. The number of hydrogen-bond donors (Lipinski definition) is 2. The second-order valence-corrected chi connectivity index (χ2v) is 4.30. The maximum absolute atomic E-state index is 13.3. The van der Waals surface area contributed by atoms with Gasteiger partial charge in [0.2, 0.25) is 0 Å². The summed E-state index contributed by atoms with van der Waals surface area (Å²) in [6.07, 6.45) is 3.31. The van der Waals surface area contributed by atoms with Gasteiger partial charge in [-0.3, -0.25) is 0 Å². The van der Waals surface area contributed by atoms with E-state index >= 15 is 0 Å². The molecule has 0 aromatic heterocycles. The fourth-order valence-corrected chi connectivity index (χ4v) is 2.16. The zero-order valence-electron chi connectivity index (χ0n) is 8.75. The number of para-hydroxylation sites is 1. The van der Waals surface area contributed by atoms with Gasteiger partial charge in [0.05, 0.1) is 5.69 Å². The van der Waals surface area contributed by atoms with Crippen LogP contribution in [0.25, 0.3) is 0 Å². The van der Waals surface area contributed by atoms with E-state index in [1.807, 2.05) is 6.07 Å². The minimum Gasteiger partial charge on any atom is -0.382 e. The number of halogens is 1. The van der Waals surface area contributed by atoms with Crippen molar-refractivity contribution >= 4 is 5.69 Å². The van der Waals surface area contributed by atoms with E-state index in [-0.39, 0.29) is 5.82 Å². The molecule has 2 atom stereocenters. The molecule has 2 unspecified atom stereocenters. The molecule has 0 bridgehead atoms. The van der Waals surface area contributed by atoms with E-state index in [9.17, 15) is 4.39 Å². The summed E-state index contributed by atoms with van der Waals surface area (Å²) in [5.74, 6) is 0.416. The number of nitrogens with two attached hydrogens (primary N) is 1. The molecule has 1 aromatic carbocycles.